The number of ether oxygens (including phenoxy) is 1. The van der Waals surface area contributed by atoms with Crippen molar-refractivity contribution in [3.63, 3.8) is 0 Å². The Bertz CT molecular complexity index is 320. The summed E-state index contributed by atoms with van der Waals surface area (Å²) in [4.78, 5) is 0. The molecule has 0 spiro atoms. The van der Waals surface area contributed by atoms with Gasteiger partial charge in [0.15, 0.2) is 0 Å². The lowest BCUT2D eigenvalue weighted by atomic mass is 9.92. The lowest BCUT2D eigenvalue weighted by Crippen LogP contribution is -2.26. The van der Waals surface area contributed by atoms with Gasteiger partial charge in [-0.2, -0.15) is 0 Å². The molecule has 0 radical (unpaired) electrons. The van der Waals surface area contributed by atoms with Gasteiger partial charge in [-0.25, -0.2) is 0 Å². The maximum absolute atomic E-state index is 5.90. The van der Waals surface area contributed by atoms with Crippen LogP contribution in [-0.2, 0) is 0 Å². The molecule has 1 aliphatic rings. The van der Waals surface area contributed by atoms with Crippen molar-refractivity contribution in [2.45, 2.75) is 25.8 Å². The van der Waals surface area contributed by atoms with E-state index in [4.69, 9.17) is 10.5 Å². The fourth-order valence-electron chi connectivity index (χ4n) is 1.93. The molecule has 2 nitrogen and oxygen atoms in total. The number of hydrogen-bond acceptors (Lipinski definition) is 2. The first-order chi connectivity index (χ1) is 6.20. The molecular formula is C11H15NO. The highest BCUT2D eigenvalue weighted by molar-refractivity contribution is 5.45. The molecule has 0 aromatic heterocycles. The highest BCUT2D eigenvalue weighted by atomic mass is 16.5. The summed E-state index contributed by atoms with van der Waals surface area (Å²) in [6.45, 7) is 4.89. The lowest BCUT2D eigenvalue weighted by Gasteiger charge is -2.14. The molecular weight excluding hydrogens is 162 g/mol. The molecule has 2 atom stereocenters. The van der Waals surface area contributed by atoms with Crippen LogP contribution >= 0.6 is 0 Å². The number of hydrogen-bond donors (Lipinski definition) is 1. The fraction of sp³-hybridized carbons (Fsp3) is 0.455. The molecule has 13 heavy (non-hydrogen) atoms. The quantitative estimate of drug-likeness (QED) is 0.710. The van der Waals surface area contributed by atoms with E-state index in [1.54, 1.807) is 0 Å². The molecule has 1 aliphatic heterocycles. The van der Waals surface area contributed by atoms with Crippen molar-refractivity contribution in [2.75, 3.05) is 6.61 Å². The number of aryl methyl sites for hydroxylation is 1. The van der Waals surface area contributed by atoms with E-state index in [1.165, 1.54) is 11.1 Å². The molecule has 70 valence electrons. The van der Waals surface area contributed by atoms with Crippen LogP contribution in [0.2, 0.25) is 0 Å². The Morgan fingerprint density at radius 1 is 1.54 bits per heavy atom. The molecule has 2 N–H and O–H groups in total. The van der Waals surface area contributed by atoms with E-state index in [0.717, 1.165) is 12.4 Å². The normalized spacial score (nSPS) is 22.2. The molecule has 0 saturated heterocycles. The average Bonchev–Trinajstić information content (AvgIpc) is 2.49. The van der Waals surface area contributed by atoms with Crippen LogP contribution in [0.3, 0.4) is 0 Å². The SMILES string of the molecule is Cc1cccc2c1C(C(C)N)CO2. The zero-order chi connectivity index (χ0) is 9.42. The van der Waals surface area contributed by atoms with Gasteiger partial charge in [0, 0.05) is 17.5 Å². The van der Waals surface area contributed by atoms with Crippen molar-refractivity contribution in [1.29, 1.82) is 0 Å². The van der Waals surface area contributed by atoms with Crippen molar-refractivity contribution >= 4 is 0 Å². The minimum absolute atomic E-state index is 0.169. The highest BCUT2D eigenvalue weighted by Crippen LogP contribution is 2.37. The van der Waals surface area contributed by atoms with Gasteiger partial charge in [0.25, 0.3) is 0 Å². The van der Waals surface area contributed by atoms with Crippen molar-refractivity contribution < 1.29 is 4.74 Å². The first-order valence-corrected chi connectivity index (χ1v) is 4.68. The van der Waals surface area contributed by atoms with Crippen LogP contribution in [0.5, 0.6) is 5.75 Å². The third kappa shape index (κ3) is 1.31. The van der Waals surface area contributed by atoms with Crippen molar-refractivity contribution in [3.8, 4) is 5.75 Å². The Kier molecular flexibility index (Phi) is 2.00. The van der Waals surface area contributed by atoms with E-state index in [1.807, 2.05) is 19.1 Å². The van der Waals surface area contributed by atoms with E-state index in [-0.39, 0.29) is 6.04 Å². The zero-order valence-corrected chi connectivity index (χ0v) is 8.08. The third-order valence-electron chi connectivity index (χ3n) is 2.71. The molecule has 1 aromatic rings. The number of rotatable bonds is 1. The second-order valence-corrected chi connectivity index (χ2v) is 3.76. The van der Waals surface area contributed by atoms with Crippen LogP contribution in [0.1, 0.15) is 24.0 Å². The summed E-state index contributed by atoms with van der Waals surface area (Å²) in [5, 5.41) is 0. The van der Waals surface area contributed by atoms with E-state index in [9.17, 15) is 0 Å². The van der Waals surface area contributed by atoms with Gasteiger partial charge < -0.3 is 10.5 Å². The van der Waals surface area contributed by atoms with E-state index in [2.05, 4.69) is 13.0 Å². The van der Waals surface area contributed by atoms with E-state index in [0.29, 0.717) is 5.92 Å². The second kappa shape index (κ2) is 3.04. The summed E-state index contributed by atoms with van der Waals surface area (Å²) in [5.41, 5.74) is 8.49. The summed E-state index contributed by atoms with van der Waals surface area (Å²) in [6, 6.07) is 6.33. The van der Waals surface area contributed by atoms with Gasteiger partial charge >= 0.3 is 0 Å². The van der Waals surface area contributed by atoms with Crippen LogP contribution in [0.4, 0.5) is 0 Å². The molecule has 0 saturated carbocycles. The lowest BCUT2D eigenvalue weighted by molar-refractivity contribution is 0.318. The maximum Gasteiger partial charge on any atom is 0.123 e. The summed E-state index contributed by atoms with van der Waals surface area (Å²) in [6.07, 6.45) is 0. The van der Waals surface area contributed by atoms with Crippen LogP contribution in [0, 0.1) is 6.92 Å². The minimum Gasteiger partial charge on any atom is -0.493 e. The average molecular weight is 177 g/mol. The Hall–Kier alpha value is -1.02. The van der Waals surface area contributed by atoms with Gasteiger partial charge in [0.1, 0.15) is 5.75 Å². The molecule has 2 unspecified atom stereocenters. The molecule has 0 amide bonds. The van der Waals surface area contributed by atoms with E-state index < -0.39 is 0 Å². The molecule has 2 heteroatoms. The van der Waals surface area contributed by atoms with Crippen LogP contribution in [0.15, 0.2) is 18.2 Å². The Balaban J connectivity index is 2.46. The zero-order valence-electron chi connectivity index (χ0n) is 8.08. The third-order valence-corrected chi connectivity index (χ3v) is 2.71. The summed E-state index contributed by atoms with van der Waals surface area (Å²) >= 11 is 0. The summed E-state index contributed by atoms with van der Waals surface area (Å²) < 4.78 is 5.57. The van der Waals surface area contributed by atoms with Gasteiger partial charge in [0.05, 0.1) is 6.61 Å². The Morgan fingerprint density at radius 3 is 3.00 bits per heavy atom. The molecule has 1 heterocycles. The summed E-state index contributed by atoms with van der Waals surface area (Å²) in [7, 11) is 0. The van der Waals surface area contributed by atoms with Gasteiger partial charge in [-0.1, -0.05) is 12.1 Å². The molecule has 1 aromatic carbocycles. The minimum atomic E-state index is 0.169. The highest BCUT2D eigenvalue weighted by Gasteiger charge is 2.28. The first kappa shape index (κ1) is 8.57. The van der Waals surface area contributed by atoms with Gasteiger partial charge in [-0.3, -0.25) is 0 Å². The fourth-order valence-corrected chi connectivity index (χ4v) is 1.93. The number of fused-ring (bicyclic) bond motifs is 1. The standard InChI is InChI=1S/C11H15NO/c1-7-4-3-5-10-11(7)9(6-13-10)8(2)12/h3-5,8-9H,6,12H2,1-2H3. The van der Waals surface area contributed by atoms with Gasteiger partial charge in [-0.05, 0) is 25.5 Å². The van der Waals surface area contributed by atoms with Crippen LogP contribution in [0.25, 0.3) is 0 Å². The first-order valence-electron chi connectivity index (χ1n) is 4.68. The largest absolute Gasteiger partial charge is 0.493 e. The monoisotopic (exact) mass is 177 g/mol. The van der Waals surface area contributed by atoms with Crippen molar-refractivity contribution in [1.82, 2.24) is 0 Å². The predicted molar refractivity (Wildman–Crippen MR) is 53.1 cm³/mol. The van der Waals surface area contributed by atoms with Crippen molar-refractivity contribution in [2.24, 2.45) is 5.73 Å². The Labute approximate surface area is 78.7 Å². The topological polar surface area (TPSA) is 35.2 Å². The van der Waals surface area contributed by atoms with Gasteiger partial charge in [-0.15, -0.1) is 0 Å². The molecule has 0 fully saturated rings. The molecule has 0 bridgehead atoms. The molecule has 2 rings (SSSR count). The smallest absolute Gasteiger partial charge is 0.123 e. The predicted octanol–water partition coefficient (Wildman–Crippen LogP) is 1.82. The number of nitrogens with two attached hydrogens (primary N) is 1. The second-order valence-electron chi connectivity index (χ2n) is 3.76. The Morgan fingerprint density at radius 2 is 2.31 bits per heavy atom. The maximum atomic E-state index is 5.90. The molecule has 0 aliphatic carbocycles. The van der Waals surface area contributed by atoms with Crippen LogP contribution < -0.4 is 10.5 Å². The number of benzene rings is 1. The van der Waals surface area contributed by atoms with Gasteiger partial charge in [0.2, 0.25) is 0 Å². The van der Waals surface area contributed by atoms with Crippen LogP contribution in [-0.4, -0.2) is 12.6 Å². The van der Waals surface area contributed by atoms with Crippen molar-refractivity contribution in [3.05, 3.63) is 29.3 Å². The van der Waals surface area contributed by atoms with E-state index >= 15 is 0 Å². The summed E-state index contributed by atoms with van der Waals surface area (Å²) in [5.74, 6) is 1.39.